The zero-order valence-electron chi connectivity index (χ0n) is 13.5. The standard InChI is InChI=1S/C17H19ClN2O3S/c1-3-20(9-13-6-7-15(18)24-13)16(21)10-23-17(22)12-5-4-11(2)14(19)8-12/h4-8H,3,9-10,19H2,1-2H3. The predicted octanol–water partition coefficient (Wildman–Crippen LogP) is 3.50. The van der Waals surface area contributed by atoms with Crippen LogP contribution >= 0.6 is 22.9 Å². The minimum Gasteiger partial charge on any atom is -0.452 e. The summed E-state index contributed by atoms with van der Waals surface area (Å²) in [6.07, 6.45) is 0. The summed E-state index contributed by atoms with van der Waals surface area (Å²) < 4.78 is 5.78. The van der Waals surface area contributed by atoms with Gasteiger partial charge >= 0.3 is 5.97 Å². The van der Waals surface area contributed by atoms with Crippen molar-refractivity contribution in [2.45, 2.75) is 20.4 Å². The molecule has 0 saturated carbocycles. The molecular weight excluding hydrogens is 348 g/mol. The smallest absolute Gasteiger partial charge is 0.338 e. The highest BCUT2D eigenvalue weighted by Crippen LogP contribution is 2.22. The fraction of sp³-hybridized carbons (Fsp3) is 0.294. The van der Waals surface area contributed by atoms with E-state index in [0.717, 1.165) is 10.4 Å². The van der Waals surface area contributed by atoms with Crippen molar-refractivity contribution in [2.24, 2.45) is 0 Å². The Morgan fingerprint density at radius 1 is 1.29 bits per heavy atom. The number of amides is 1. The van der Waals surface area contributed by atoms with Crippen LogP contribution in [0.1, 0.15) is 27.7 Å². The Morgan fingerprint density at radius 3 is 2.62 bits per heavy atom. The van der Waals surface area contributed by atoms with Crippen molar-refractivity contribution in [3.63, 3.8) is 0 Å². The third-order valence-corrected chi connectivity index (χ3v) is 4.77. The van der Waals surface area contributed by atoms with Crippen molar-refractivity contribution in [3.8, 4) is 0 Å². The third-order valence-electron chi connectivity index (χ3n) is 3.55. The number of esters is 1. The summed E-state index contributed by atoms with van der Waals surface area (Å²) in [7, 11) is 0. The highest BCUT2D eigenvalue weighted by molar-refractivity contribution is 7.16. The highest BCUT2D eigenvalue weighted by atomic mass is 35.5. The molecular formula is C17H19ClN2O3S. The molecule has 128 valence electrons. The molecule has 0 atom stereocenters. The number of carbonyl (C=O) groups is 2. The number of nitrogens with two attached hydrogens (primary N) is 1. The van der Waals surface area contributed by atoms with Gasteiger partial charge in [-0.2, -0.15) is 0 Å². The minimum absolute atomic E-state index is 0.254. The summed E-state index contributed by atoms with van der Waals surface area (Å²) in [5, 5.41) is 0. The van der Waals surface area contributed by atoms with E-state index in [2.05, 4.69) is 0 Å². The zero-order chi connectivity index (χ0) is 17.7. The number of benzene rings is 1. The van der Waals surface area contributed by atoms with Gasteiger partial charge in [0.1, 0.15) is 0 Å². The SMILES string of the molecule is CCN(Cc1ccc(Cl)s1)C(=O)COC(=O)c1ccc(C)c(N)c1. The lowest BCUT2D eigenvalue weighted by Crippen LogP contribution is -2.33. The number of hydrogen-bond acceptors (Lipinski definition) is 5. The molecule has 5 nitrogen and oxygen atoms in total. The molecule has 2 aromatic rings. The summed E-state index contributed by atoms with van der Waals surface area (Å²) in [5.74, 6) is -0.819. The number of ether oxygens (including phenoxy) is 1. The van der Waals surface area contributed by atoms with Gasteiger partial charge in [0.05, 0.1) is 16.4 Å². The maximum atomic E-state index is 12.2. The highest BCUT2D eigenvalue weighted by Gasteiger charge is 2.16. The molecule has 0 radical (unpaired) electrons. The van der Waals surface area contributed by atoms with Gasteiger partial charge in [-0.3, -0.25) is 4.79 Å². The lowest BCUT2D eigenvalue weighted by atomic mass is 10.1. The van der Waals surface area contributed by atoms with Crippen LogP contribution in [-0.4, -0.2) is 29.9 Å². The van der Waals surface area contributed by atoms with Crippen LogP contribution in [0.4, 0.5) is 5.69 Å². The van der Waals surface area contributed by atoms with Crippen molar-refractivity contribution in [3.05, 3.63) is 50.7 Å². The normalized spacial score (nSPS) is 10.5. The Labute approximate surface area is 150 Å². The average molecular weight is 367 g/mol. The Bertz CT molecular complexity index is 745. The first-order chi connectivity index (χ1) is 11.4. The molecule has 0 unspecified atom stereocenters. The van der Waals surface area contributed by atoms with Crippen molar-refractivity contribution < 1.29 is 14.3 Å². The molecule has 2 N–H and O–H groups in total. The Kier molecular flexibility index (Phi) is 6.23. The van der Waals surface area contributed by atoms with E-state index >= 15 is 0 Å². The lowest BCUT2D eigenvalue weighted by Gasteiger charge is -2.20. The molecule has 0 saturated heterocycles. The van der Waals surface area contributed by atoms with Crippen molar-refractivity contribution >= 4 is 40.5 Å². The van der Waals surface area contributed by atoms with E-state index < -0.39 is 5.97 Å². The van der Waals surface area contributed by atoms with Crippen molar-refractivity contribution in [2.75, 3.05) is 18.9 Å². The second-order valence-electron chi connectivity index (χ2n) is 5.26. The van der Waals surface area contributed by atoms with E-state index in [0.29, 0.717) is 28.7 Å². The van der Waals surface area contributed by atoms with Crippen LogP contribution in [0.2, 0.25) is 4.34 Å². The number of likely N-dealkylation sites (N-methyl/N-ethyl adjacent to an activating group) is 1. The molecule has 0 aliphatic rings. The molecule has 0 spiro atoms. The fourth-order valence-electron chi connectivity index (χ4n) is 2.07. The van der Waals surface area contributed by atoms with Crippen LogP contribution < -0.4 is 5.73 Å². The summed E-state index contributed by atoms with van der Waals surface area (Å²) in [6.45, 7) is 4.38. The molecule has 1 amide bonds. The van der Waals surface area contributed by atoms with Gasteiger partial charge in [0.15, 0.2) is 6.61 Å². The van der Waals surface area contributed by atoms with Crippen LogP contribution in [0.15, 0.2) is 30.3 Å². The van der Waals surface area contributed by atoms with Gasteiger partial charge in [-0.05, 0) is 43.7 Å². The van der Waals surface area contributed by atoms with E-state index in [4.69, 9.17) is 22.1 Å². The third kappa shape index (κ3) is 4.72. The largest absolute Gasteiger partial charge is 0.452 e. The van der Waals surface area contributed by atoms with E-state index in [9.17, 15) is 9.59 Å². The van der Waals surface area contributed by atoms with Crippen LogP contribution in [-0.2, 0) is 16.1 Å². The Hall–Kier alpha value is -2.05. The van der Waals surface area contributed by atoms with E-state index in [1.807, 2.05) is 19.9 Å². The number of carbonyl (C=O) groups excluding carboxylic acids is 2. The predicted molar refractivity (Wildman–Crippen MR) is 96.3 cm³/mol. The number of hydrogen-bond donors (Lipinski definition) is 1. The van der Waals surface area contributed by atoms with E-state index in [1.54, 1.807) is 29.2 Å². The van der Waals surface area contributed by atoms with Gasteiger partial charge in [0, 0.05) is 17.1 Å². The molecule has 0 fully saturated rings. The van der Waals surface area contributed by atoms with Crippen LogP contribution in [0.25, 0.3) is 0 Å². The Balaban J connectivity index is 1.92. The quantitative estimate of drug-likeness (QED) is 0.627. The maximum Gasteiger partial charge on any atom is 0.338 e. The minimum atomic E-state index is -0.565. The number of halogens is 1. The number of aryl methyl sites for hydroxylation is 1. The van der Waals surface area contributed by atoms with Crippen molar-refractivity contribution in [1.82, 2.24) is 4.90 Å². The number of anilines is 1. The van der Waals surface area contributed by atoms with E-state index in [1.165, 1.54) is 11.3 Å². The van der Waals surface area contributed by atoms with Crippen LogP contribution in [0.3, 0.4) is 0 Å². The molecule has 0 bridgehead atoms. The molecule has 0 aliphatic heterocycles. The zero-order valence-corrected chi connectivity index (χ0v) is 15.1. The average Bonchev–Trinajstić information content (AvgIpc) is 2.97. The maximum absolute atomic E-state index is 12.2. The van der Waals surface area contributed by atoms with Gasteiger partial charge in [-0.1, -0.05) is 17.7 Å². The number of rotatable bonds is 6. The first kappa shape index (κ1) is 18.3. The summed E-state index contributed by atoms with van der Waals surface area (Å²) in [6, 6.07) is 8.59. The molecule has 0 aliphatic carbocycles. The van der Waals surface area contributed by atoms with Gasteiger partial charge in [-0.25, -0.2) is 4.79 Å². The monoisotopic (exact) mass is 366 g/mol. The first-order valence-corrected chi connectivity index (χ1v) is 8.65. The molecule has 2 rings (SSSR count). The second kappa shape index (κ2) is 8.17. The van der Waals surface area contributed by atoms with E-state index in [-0.39, 0.29) is 12.5 Å². The van der Waals surface area contributed by atoms with Gasteiger partial charge in [0.2, 0.25) is 0 Å². The molecule has 1 heterocycles. The topological polar surface area (TPSA) is 72.6 Å². The first-order valence-electron chi connectivity index (χ1n) is 7.46. The summed E-state index contributed by atoms with van der Waals surface area (Å²) in [5.41, 5.74) is 7.51. The van der Waals surface area contributed by atoms with Crippen LogP contribution in [0.5, 0.6) is 0 Å². The van der Waals surface area contributed by atoms with Gasteiger partial charge < -0.3 is 15.4 Å². The lowest BCUT2D eigenvalue weighted by molar-refractivity contribution is -0.134. The van der Waals surface area contributed by atoms with Gasteiger partial charge in [-0.15, -0.1) is 11.3 Å². The molecule has 1 aromatic heterocycles. The van der Waals surface area contributed by atoms with Crippen LogP contribution in [0, 0.1) is 6.92 Å². The molecule has 24 heavy (non-hydrogen) atoms. The second-order valence-corrected chi connectivity index (χ2v) is 7.06. The number of nitrogens with zero attached hydrogens (tertiary/aromatic N) is 1. The fourth-order valence-corrected chi connectivity index (χ4v) is 3.17. The molecule has 7 heteroatoms. The molecule has 1 aromatic carbocycles. The Morgan fingerprint density at radius 2 is 2.04 bits per heavy atom. The van der Waals surface area contributed by atoms with Crippen molar-refractivity contribution in [1.29, 1.82) is 0 Å². The van der Waals surface area contributed by atoms with Gasteiger partial charge in [0.25, 0.3) is 5.91 Å². The number of nitrogen functional groups attached to an aromatic ring is 1. The summed E-state index contributed by atoms with van der Waals surface area (Å²) in [4.78, 5) is 26.8. The summed E-state index contributed by atoms with van der Waals surface area (Å²) >= 11 is 7.32. The number of thiophene rings is 1.